The third-order valence-electron chi connectivity index (χ3n) is 12.9. The molecule has 69 heavy (non-hydrogen) atoms. The Morgan fingerprint density at radius 1 is 0.681 bits per heavy atom. The number of ether oxygens (including phenoxy) is 1. The van der Waals surface area contributed by atoms with Gasteiger partial charge in [0, 0.05) is 101 Å². The summed E-state index contributed by atoms with van der Waals surface area (Å²) >= 11 is 0. The summed E-state index contributed by atoms with van der Waals surface area (Å²) in [6.07, 6.45) is 11.5. The normalized spacial score (nSPS) is 16.8. The molecule has 2 aromatic carbocycles. The van der Waals surface area contributed by atoms with E-state index in [-0.39, 0.29) is 27.5 Å². The molecule has 8 aromatic rings. The lowest BCUT2D eigenvalue weighted by Crippen LogP contribution is -2.28. The smallest absolute Gasteiger partial charge is 0.250 e. The summed E-state index contributed by atoms with van der Waals surface area (Å²) in [5.74, 6) is 1.77. The van der Waals surface area contributed by atoms with Gasteiger partial charge in [-0.05, 0) is 89.6 Å². The second kappa shape index (κ2) is 21.0. The van der Waals surface area contributed by atoms with Gasteiger partial charge >= 0.3 is 0 Å². The summed E-state index contributed by atoms with van der Waals surface area (Å²) in [7, 11) is 1.93. The van der Waals surface area contributed by atoms with Crippen molar-refractivity contribution in [1.29, 1.82) is 0 Å². The summed E-state index contributed by atoms with van der Waals surface area (Å²) in [5, 5.41) is 15.2. The van der Waals surface area contributed by atoms with Gasteiger partial charge in [0.25, 0.3) is 11.1 Å². The van der Waals surface area contributed by atoms with Gasteiger partial charge in [-0.3, -0.25) is 19.6 Å². The molecule has 0 amide bonds. The van der Waals surface area contributed by atoms with Crippen LogP contribution in [0.15, 0.2) is 128 Å². The Labute approximate surface area is 405 Å². The Morgan fingerprint density at radius 3 is 1.75 bits per heavy atom. The Hall–Kier alpha value is -7.20. The van der Waals surface area contributed by atoms with E-state index in [2.05, 4.69) is 62.1 Å². The van der Waals surface area contributed by atoms with Crippen LogP contribution in [-0.4, -0.2) is 65.7 Å². The number of hydrogen-bond donors (Lipinski definition) is 2. The molecule has 1 aliphatic carbocycles. The topological polar surface area (TPSA) is 181 Å². The molecule has 15 heteroatoms. The summed E-state index contributed by atoms with van der Waals surface area (Å²) in [6.45, 7) is 13.2. The number of rotatable bonds is 13. The first-order valence-corrected chi connectivity index (χ1v) is 23.7. The summed E-state index contributed by atoms with van der Waals surface area (Å²) in [6, 6.07) is 27.8. The van der Waals surface area contributed by atoms with Crippen molar-refractivity contribution in [3.05, 3.63) is 153 Å². The molecule has 3 atom stereocenters. The van der Waals surface area contributed by atoms with E-state index in [1.807, 2.05) is 94.2 Å². The fraction of sp³-hybridized carbons (Fsp3) is 0.333. The van der Waals surface area contributed by atoms with Gasteiger partial charge in [-0.25, -0.2) is 9.97 Å². The molecule has 0 bridgehead atoms. The van der Waals surface area contributed by atoms with E-state index in [1.54, 1.807) is 35.2 Å². The van der Waals surface area contributed by atoms with Crippen molar-refractivity contribution in [2.75, 3.05) is 20.3 Å². The van der Waals surface area contributed by atoms with Gasteiger partial charge in [-0.2, -0.15) is 0 Å². The minimum atomic E-state index is -0.0433. The number of benzene rings is 2. The fourth-order valence-corrected chi connectivity index (χ4v) is 8.87. The molecule has 0 radical (unpaired) electrons. The van der Waals surface area contributed by atoms with E-state index in [0.717, 1.165) is 97.0 Å². The number of nitrogens with zero attached hydrogens (tertiary/aromatic N) is 8. The Bertz CT molecular complexity index is 3170. The lowest BCUT2D eigenvalue weighted by molar-refractivity contribution is 0.190. The van der Waals surface area contributed by atoms with Gasteiger partial charge < -0.3 is 33.6 Å². The average Bonchev–Trinajstić information content (AvgIpc) is 4.22. The molecule has 7 heterocycles. The largest absolute Gasteiger partial charge is 0.380 e. The van der Waals surface area contributed by atoms with Crippen molar-refractivity contribution in [1.82, 2.24) is 50.0 Å². The van der Waals surface area contributed by atoms with E-state index in [0.29, 0.717) is 46.3 Å². The van der Waals surface area contributed by atoms with Gasteiger partial charge in [-0.15, -0.1) is 0 Å². The lowest BCUT2D eigenvalue weighted by Gasteiger charge is -2.15. The molecule has 0 spiro atoms. The molecule has 2 aliphatic rings. The van der Waals surface area contributed by atoms with Crippen molar-refractivity contribution < 1.29 is 18.1 Å². The van der Waals surface area contributed by atoms with Crippen LogP contribution in [0.5, 0.6) is 0 Å². The summed E-state index contributed by atoms with van der Waals surface area (Å²) < 4.78 is 20.3. The van der Waals surface area contributed by atoms with E-state index in [9.17, 15) is 9.59 Å². The van der Waals surface area contributed by atoms with Crippen molar-refractivity contribution in [2.24, 2.45) is 5.92 Å². The van der Waals surface area contributed by atoms with Gasteiger partial charge in [0.1, 0.15) is 22.8 Å². The second-order valence-electron chi connectivity index (χ2n) is 18.4. The van der Waals surface area contributed by atoms with Crippen LogP contribution in [0.25, 0.3) is 67.9 Å². The maximum Gasteiger partial charge on any atom is 0.250 e. The van der Waals surface area contributed by atoms with Crippen LogP contribution >= 0.6 is 0 Å². The highest BCUT2D eigenvalue weighted by Gasteiger charge is 2.24. The van der Waals surface area contributed by atoms with Crippen LogP contribution in [0.1, 0.15) is 85.3 Å². The minimum Gasteiger partial charge on any atom is -0.380 e. The van der Waals surface area contributed by atoms with Crippen LogP contribution in [0.3, 0.4) is 0 Å². The zero-order chi connectivity index (χ0) is 48.0. The Kier molecular flexibility index (Phi) is 14.3. The number of aromatic nitrogens is 8. The molecular weight excluding hydrogens is 869 g/mol. The predicted octanol–water partition coefficient (Wildman–Crippen LogP) is 10.1. The van der Waals surface area contributed by atoms with E-state index < -0.39 is 0 Å². The summed E-state index contributed by atoms with van der Waals surface area (Å²) in [5.41, 5.74) is 11.7. The SMILES string of the molecule is CNCc1ccc(-c2cc(-c3nc(-c4ccc(=O)n(C5CCC(C)C5)c4)cnc3C)on2)cc1.Cc1ncc(-c2ccc(=O)n(C(C)C)c2)nc1-c1cc(-c2ccc(CN[C@H]3CCOC3)cc2)no1.[HH].[HH].[HH]. The zero-order valence-corrected chi connectivity index (χ0v) is 40.0. The monoisotopic (exact) mass is 933 g/mol. The molecule has 1 saturated heterocycles. The quantitative estimate of drug-likeness (QED) is 0.112. The number of nitrogens with one attached hydrogen (secondary N) is 2. The van der Waals surface area contributed by atoms with Crippen molar-refractivity contribution in [2.45, 2.75) is 91.5 Å². The standard InChI is InChI=1S/C27H29N5O3.C27H29N5O2.3H2/c1-17(2)32-15-21(8-9-26(32)33)24-14-28-18(3)27(30-24)25-12-23(31-35-25)20-6-4-19(5-7-20)13-29-22-10-11-34-16-22;1-17-4-10-22(12-17)32-16-21(9-11-26(32)33)24-15-29-18(2)27(30-24)25-13-23(31-34-25)20-7-5-19(6-8-20)14-28-3;;;/h4-9,12,14-15,17,22,29H,10-11,13,16H2,1-3H3;5-9,11,13,15-17,22,28H,4,10,12,14H2,1-3H3;3*1H/t22-;;;;/m0..../s1. The van der Waals surface area contributed by atoms with Gasteiger partial charge in [0.15, 0.2) is 11.5 Å². The highest BCUT2D eigenvalue weighted by molar-refractivity contribution is 5.70. The van der Waals surface area contributed by atoms with Gasteiger partial charge in [0.2, 0.25) is 0 Å². The zero-order valence-electron chi connectivity index (χ0n) is 40.0. The van der Waals surface area contributed by atoms with Crippen LogP contribution in [-0.2, 0) is 17.8 Å². The number of aryl methyl sites for hydroxylation is 2. The first-order chi connectivity index (χ1) is 33.5. The molecule has 6 aromatic heterocycles. The number of pyridine rings is 2. The van der Waals surface area contributed by atoms with Crippen LogP contribution in [0.4, 0.5) is 0 Å². The average molecular weight is 933 g/mol. The molecular formula is C54H64N10O5. The lowest BCUT2D eigenvalue weighted by atomic mass is 10.1. The fourth-order valence-electron chi connectivity index (χ4n) is 8.87. The minimum absolute atomic E-state index is 0. The third kappa shape index (κ3) is 10.9. The molecule has 2 unspecified atom stereocenters. The maximum absolute atomic E-state index is 12.5. The highest BCUT2D eigenvalue weighted by atomic mass is 16.5. The molecule has 1 aliphatic heterocycles. The summed E-state index contributed by atoms with van der Waals surface area (Å²) in [4.78, 5) is 43.4. The second-order valence-corrected chi connectivity index (χ2v) is 18.4. The molecule has 2 fully saturated rings. The van der Waals surface area contributed by atoms with Crippen LogP contribution in [0, 0.1) is 19.8 Å². The van der Waals surface area contributed by atoms with E-state index in [1.165, 1.54) is 11.1 Å². The highest BCUT2D eigenvalue weighted by Crippen LogP contribution is 2.35. The molecule has 2 N–H and O–H groups in total. The first-order valence-electron chi connectivity index (χ1n) is 23.7. The molecule has 1 saturated carbocycles. The predicted molar refractivity (Wildman–Crippen MR) is 272 cm³/mol. The van der Waals surface area contributed by atoms with Crippen LogP contribution in [0.2, 0.25) is 0 Å². The maximum atomic E-state index is 12.5. The van der Waals surface area contributed by atoms with E-state index in [4.69, 9.17) is 23.8 Å². The molecule has 10 rings (SSSR count). The van der Waals surface area contributed by atoms with Crippen molar-refractivity contribution in [3.8, 4) is 67.9 Å². The third-order valence-corrected chi connectivity index (χ3v) is 12.9. The van der Waals surface area contributed by atoms with Gasteiger partial charge in [-0.1, -0.05) is 65.8 Å². The van der Waals surface area contributed by atoms with Crippen LogP contribution < -0.4 is 21.8 Å². The van der Waals surface area contributed by atoms with Gasteiger partial charge in [0.05, 0.1) is 41.8 Å². The van der Waals surface area contributed by atoms with Crippen molar-refractivity contribution >= 4 is 0 Å². The van der Waals surface area contributed by atoms with E-state index >= 15 is 0 Å². The first kappa shape index (κ1) is 46.9. The Morgan fingerprint density at radius 2 is 1.23 bits per heavy atom. The van der Waals surface area contributed by atoms with Crippen molar-refractivity contribution in [3.63, 3.8) is 0 Å². The molecule has 15 nitrogen and oxygen atoms in total. The Balaban J connectivity index is 0.000000226. The number of hydrogen-bond acceptors (Lipinski definition) is 13. The molecule has 360 valence electrons.